The first-order valence-electron chi connectivity index (χ1n) is 21.2. The Morgan fingerprint density at radius 3 is 1.37 bits per heavy atom. The van der Waals surface area contributed by atoms with E-state index in [1.807, 2.05) is 48.5 Å². The number of hydrogen-bond donors (Lipinski definition) is 2. The average molecular weight is 827 g/mol. The summed E-state index contributed by atoms with van der Waals surface area (Å²) < 4.78 is 50.4. The van der Waals surface area contributed by atoms with E-state index in [1.54, 1.807) is 26.0 Å². The lowest BCUT2D eigenvalue weighted by atomic mass is 9.72. The van der Waals surface area contributed by atoms with Crippen LogP contribution in [-0.4, -0.2) is 59.6 Å². The number of carbonyl (C=O) groups is 2. The summed E-state index contributed by atoms with van der Waals surface area (Å²) >= 11 is 0. The number of halogens is 2. The van der Waals surface area contributed by atoms with Crippen LogP contribution in [0, 0.1) is 47.1 Å². The third-order valence-electron chi connectivity index (χ3n) is 13.1. The molecular formula is C48H56F2N2O8. The summed E-state index contributed by atoms with van der Waals surface area (Å²) in [6.45, 7) is 4.74. The quantitative estimate of drug-likeness (QED) is 0.0997. The number of ether oxygens (including phenoxy) is 4. The van der Waals surface area contributed by atoms with Crippen LogP contribution in [0.1, 0.15) is 111 Å². The number of carboxylic acids is 2. The fourth-order valence-corrected chi connectivity index (χ4v) is 9.18. The van der Waals surface area contributed by atoms with Gasteiger partial charge in [-0.2, -0.15) is 0 Å². The SMILES string of the molecule is COc1cc(C2CC(COc3cccc([C@H](C4CC4)[C@H](C)C(=O)O)c3)C2)c(F)cn1.COc1cc(C2CC(COc3cccc([C@H](C4CC4)[C@H](C)C(=O)O)c3)C2)c(F)cn1. The summed E-state index contributed by atoms with van der Waals surface area (Å²) in [5.41, 5.74) is 3.41. The molecule has 60 heavy (non-hydrogen) atoms. The molecule has 0 saturated heterocycles. The highest BCUT2D eigenvalue weighted by Gasteiger charge is 2.40. The van der Waals surface area contributed by atoms with Gasteiger partial charge in [-0.05, 0) is 145 Å². The van der Waals surface area contributed by atoms with Crippen LogP contribution in [0.5, 0.6) is 23.3 Å². The van der Waals surface area contributed by atoms with Crippen molar-refractivity contribution in [1.82, 2.24) is 9.97 Å². The van der Waals surface area contributed by atoms with Gasteiger partial charge in [0.15, 0.2) is 0 Å². The molecule has 0 radical (unpaired) electrons. The van der Waals surface area contributed by atoms with Crippen LogP contribution < -0.4 is 18.9 Å². The van der Waals surface area contributed by atoms with Crippen molar-refractivity contribution in [3.63, 3.8) is 0 Å². The maximum atomic E-state index is 14.1. The van der Waals surface area contributed by atoms with E-state index in [1.165, 1.54) is 26.6 Å². The van der Waals surface area contributed by atoms with Gasteiger partial charge in [-0.3, -0.25) is 9.59 Å². The molecule has 10 nitrogen and oxygen atoms in total. The van der Waals surface area contributed by atoms with E-state index in [2.05, 4.69) is 9.97 Å². The van der Waals surface area contributed by atoms with Crippen LogP contribution in [0.25, 0.3) is 0 Å². The van der Waals surface area contributed by atoms with Crippen molar-refractivity contribution < 1.29 is 47.5 Å². The second-order valence-electron chi connectivity index (χ2n) is 17.3. The minimum Gasteiger partial charge on any atom is -0.493 e. The van der Waals surface area contributed by atoms with Crippen LogP contribution in [0.3, 0.4) is 0 Å². The van der Waals surface area contributed by atoms with Gasteiger partial charge in [-0.1, -0.05) is 38.1 Å². The zero-order chi connectivity index (χ0) is 42.5. The molecule has 0 spiro atoms. The van der Waals surface area contributed by atoms with Gasteiger partial charge in [0, 0.05) is 12.1 Å². The third kappa shape index (κ3) is 10.4. The standard InChI is InChI=1S/2C24H28FNO4/c2*1-14(24(27)28)23(16-6-7-16)17-4-3-5-19(10-17)30-13-15-8-18(9-15)20-11-22(29-2)26-12-21(20)25/h2*3-5,10-12,14-16,18,23H,6-9,13H2,1-2H3,(H,27,28)/t2*14-,15?,18?,23-/m00/s1. The first kappa shape index (κ1) is 42.8. The molecule has 2 N–H and O–H groups in total. The maximum Gasteiger partial charge on any atom is 0.306 e. The molecule has 4 fully saturated rings. The van der Waals surface area contributed by atoms with Gasteiger partial charge in [-0.25, -0.2) is 18.7 Å². The van der Waals surface area contributed by atoms with E-state index >= 15 is 0 Å². The Kier molecular flexibility index (Phi) is 13.6. The third-order valence-corrected chi connectivity index (χ3v) is 13.1. The first-order valence-corrected chi connectivity index (χ1v) is 21.2. The summed E-state index contributed by atoms with van der Waals surface area (Å²) in [6.07, 6.45) is 10.3. The second-order valence-corrected chi connectivity index (χ2v) is 17.3. The Bertz CT molecular complexity index is 1960. The molecular weight excluding hydrogens is 771 g/mol. The molecule has 2 aromatic heterocycles. The Balaban J connectivity index is 0.000000181. The highest BCUT2D eigenvalue weighted by atomic mass is 19.1. The van der Waals surface area contributed by atoms with Crippen LogP contribution in [0.2, 0.25) is 0 Å². The molecule has 8 rings (SSSR count). The fraction of sp³-hybridized carbons (Fsp3) is 0.500. The van der Waals surface area contributed by atoms with Crippen molar-refractivity contribution in [2.24, 2.45) is 35.5 Å². The van der Waals surface area contributed by atoms with Crippen molar-refractivity contribution >= 4 is 11.9 Å². The Labute approximate surface area is 350 Å². The predicted octanol–water partition coefficient (Wildman–Crippen LogP) is 10.0. The fourth-order valence-electron chi connectivity index (χ4n) is 9.18. The summed E-state index contributed by atoms with van der Waals surface area (Å²) in [5.74, 6) is 1.55. The normalized spacial score (nSPS) is 22.6. The lowest BCUT2D eigenvalue weighted by molar-refractivity contribution is -0.143. The van der Waals surface area contributed by atoms with E-state index in [9.17, 15) is 28.6 Å². The lowest BCUT2D eigenvalue weighted by Gasteiger charge is -2.35. The number of benzene rings is 2. The first-order chi connectivity index (χ1) is 28.9. The van der Waals surface area contributed by atoms with E-state index < -0.39 is 23.8 Å². The topological polar surface area (TPSA) is 137 Å². The number of aliphatic carboxylic acids is 2. The number of methoxy groups -OCH3 is 2. The molecule has 4 aromatic rings. The van der Waals surface area contributed by atoms with Gasteiger partial charge < -0.3 is 29.2 Å². The average Bonchev–Trinajstić information content (AvgIpc) is 4.16. The minimum absolute atomic E-state index is 0.0313. The van der Waals surface area contributed by atoms with Crippen LogP contribution >= 0.6 is 0 Å². The molecule has 0 aliphatic heterocycles. The van der Waals surface area contributed by atoms with Gasteiger partial charge in [0.05, 0.1) is 51.7 Å². The Morgan fingerprint density at radius 1 is 0.650 bits per heavy atom. The Morgan fingerprint density at radius 2 is 1.03 bits per heavy atom. The molecule has 4 saturated carbocycles. The van der Waals surface area contributed by atoms with E-state index in [0.29, 0.717) is 59.8 Å². The zero-order valence-electron chi connectivity index (χ0n) is 34.8. The summed E-state index contributed by atoms with van der Waals surface area (Å²) in [6, 6.07) is 19.1. The van der Waals surface area contributed by atoms with Gasteiger partial charge in [0.2, 0.25) is 11.8 Å². The minimum atomic E-state index is -0.751. The molecule has 2 heterocycles. The lowest BCUT2D eigenvalue weighted by Crippen LogP contribution is -2.28. The van der Waals surface area contributed by atoms with Gasteiger partial charge in [0.25, 0.3) is 0 Å². The van der Waals surface area contributed by atoms with Crippen molar-refractivity contribution in [3.05, 3.63) is 107 Å². The molecule has 4 atom stereocenters. The van der Waals surface area contributed by atoms with Crippen molar-refractivity contribution in [2.75, 3.05) is 27.4 Å². The van der Waals surface area contributed by atoms with E-state index in [4.69, 9.17) is 18.9 Å². The molecule has 4 aliphatic rings. The van der Waals surface area contributed by atoms with E-state index in [0.717, 1.165) is 74.0 Å². The number of hydrogen-bond acceptors (Lipinski definition) is 8. The van der Waals surface area contributed by atoms with Crippen molar-refractivity contribution in [1.29, 1.82) is 0 Å². The van der Waals surface area contributed by atoms with Crippen molar-refractivity contribution in [2.45, 2.75) is 88.9 Å². The van der Waals surface area contributed by atoms with Crippen LogP contribution in [0.4, 0.5) is 8.78 Å². The molecule has 4 aliphatic carbocycles. The number of rotatable bonds is 18. The second kappa shape index (κ2) is 19.0. The van der Waals surface area contributed by atoms with Crippen molar-refractivity contribution in [3.8, 4) is 23.3 Å². The molecule has 2 aromatic carbocycles. The number of nitrogens with zero attached hydrogens (tertiary/aromatic N) is 2. The number of aromatic nitrogens is 2. The van der Waals surface area contributed by atoms with Gasteiger partial charge in [-0.15, -0.1) is 0 Å². The number of carboxylic acid groups (broad SMARTS) is 2. The highest BCUT2D eigenvalue weighted by Crippen LogP contribution is 2.49. The summed E-state index contributed by atoms with van der Waals surface area (Å²) in [7, 11) is 3.06. The largest absolute Gasteiger partial charge is 0.493 e. The van der Waals surface area contributed by atoms with Gasteiger partial charge in [0.1, 0.15) is 23.1 Å². The van der Waals surface area contributed by atoms with Crippen LogP contribution in [-0.2, 0) is 9.59 Å². The molecule has 12 heteroatoms. The van der Waals surface area contributed by atoms with Gasteiger partial charge >= 0.3 is 11.9 Å². The molecule has 0 bridgehead atoms. The predicted molar refractivity (Wildman–Crippen MR) is 221 cm³/mol. The zero-order valence-corrected chi connectivity index (χ0v) is 34.8. The maximum absolute atomic E-state index is 14.1. The monoisotopic (exact) mass is 826 g/mol. The molecule has 0 amide bonds. The summed E-state index contributed by atoms with van der Waals surface area (Å²) in [5, 5.41) is 19.0. The van der Waals surface area contributed by atoms with E-state index in [-0.39, 0.29) is 35.3 Å². The number of pyridine rings is 2. The highest BCUT2D eigenvalue weighted by molar-refractivity contribution is 5.71. The smallest absolute Gasteiger partial charge is 0.306 e. The summed E-state index contributed by atoms with van der Waals surface area (Å²) in [4.78, 5) is 30.9. The van der Waals surface area contributed by atoms with Crippen LogP contribution in [0.15, 0.2) is 73.1 Å². The Hall–Kier alpha value is -5.26. The molecule has 0 unspecified atom stereocenters. The molecule has 320 valence electrons.